The van der Waals surface area contributed by atoms with E-state index in [-0.39, 0.29) is 23.5 Å². The van der Waals surface area contributed by atoms with Gasteiger partial charge in [-0.05, 0) is 39.8 Å². The van der Waals surface area contributed by atoms with Crippen molar-refractivity contribution in [2.45, 2.75) is 33.3 Å². The second-order valence-electron chi connectivity index (χ2n) is 5.99. The van der Waals surface area contributed by atoms with E-state index in [4.69, 9.17) is 20.4 Å². The Morgan fingerprint density at radius 1 is 1.22 bits per heavy atom. The lowest BCUT2D eigenvalue weighted by molar-refractivity contribution is 0.0974. The molecule has 0 aliphatic carbocycles. The normalized spacial score (nSPS) is 14.4. The minimum Gasteiger partial charge on any atom is -0.479 e. The minimum atomic E-state index is -0.863. The number of ether oxygens (including phenoxy) is 1. The molecule has 0 saturated carbocycles. The Balaban J connectivity index is 0.00000114. The van der Waals surface area contributed by atoms with Gasteiger partial charge in [0.1, 0.15) is 29.4 Å². The monoisotopic (exact) mass is 363 g/mol. The van der Waals surface area contributed by atoms with Crippen molar-refractivity contribution >= 4 is 11.9 Å². The first-order valence-electron chi connectivity index (χ1n) is 8.19. The van der Waals surface area contributed by atoms with Crippen LogP contribution in [0.4, 0.5) is 5.69 Å². The molecule has 2 N–H and O–H groups in total. The molecule has 0 amide bonds. The smallest absolute Gasteiger partial charge is 0.172 e. The van der Waals surface area contributed by atoms with Crippen LogP contribution in [0.1, 0.15) is 26.3 Å². The van der Waals surface area contributed by atoms with Crippen LogP contribution in [-0.2, 0) is 4.74 Å². The van der Waals surface area contributed by atoms with Crippen molar-refractivity contribution in [3.8, 4) is 18.2 Å². The Kier molecular flexibility index (Phi) is 7.76. The van der Waals surface area contributed by atoms with E-state index in [2.05, 4.69) is 10.5 Å². The molecule has 0 fully saturated rings. The van der Waals surface area contributed by atoms with Gasteiger partial charge in [-0.3, -0.25) is 5.43 Å². The van der Waals surface area contributed by atoms with Crippen LogP contribution in [0.2, 0.25) is 0 Å². The summed E-state index contributed by atoms with van der Waals surface area (Å²) in [5, 5.41) is 39.1. The number of nitrogens with zero attached hydrogens (tertiary/aromatic N) is 4. The molecule has 0 saturated heterocycles. The molecule has 7 nitrogen and oxygen atoms in total. The van der Waals surface area contributed by atoms with E-state index in [9.17, 15) is 5.26 Å². The lowest BCUT2D eigenvalue weighted by Gasteiger charge is -2.20. The molecule has 0 unspecified atom stereocenters. The number of anilines is 1. The summed E-state index contributed by atoms with van der Waals surface area (Å²) >= 11 is 0. The molecule has 0 radical (unpaired) electrons. The highest BCUT2D eigenvalue weighted by molar-refractivity contribution is 5.87. The standard InChI is InChI=1S/C18H15N5O.C2H6O/c1-12-4-6-14(7-5-12)23-22-11-16-15(10-21)17(13(8-19)9-20)24-18(16,2)3;1-2-3/h4-7,11,23H,1-3H3;3H,2H2,1H3/b22-11+;. The molecular weight excluding hydrogens is 342 g/mol. The first-order chi connectivity index (χ1) is 12.8. The van der Waals surface area contributed by atoms with Gasteiger partial charge in [-0.2, -0.15) is 20.9 Å². The van der Waals surface area contributed by atoms with Gasteiger partial charge in [-0.15, -0.1) is 0 Å². The van der Waals surface area contributed by atoms with E-state index in [1.807, 2.05) is 37.3 Å². The second-order valence-corrected chi connectivity index (χ2v) is 5.99. The van der Waals surface area contributed by atoms with E-state index in [1.54, 1.807) is 32.9 Å². The Bertz CT molecular complexity index is 872. The van der Waals surface area contributed by atoms with E-state index in [1.165, 1.54) is 6.21 Å². The van der Waals surface area contributed by atoms with Crippen LogP contribution >= 0.6 is 0 Å². The molecule has 1 aromatic carbocycles. The minimum absolute atomic E-state index is 0.00397. The maximum absolute atomic E-state index is 9.40. The summed E-state index contributed by atoms with van der Waals surface area (Å²) in [6, 6.07) is 13.2. The lowest BCUT2D eigenvalue weighted by atomic mass is 9.96. The molecular formula is C20H21N5O2. The molecule has 2 rings (SSSR count). The summed E-state index contributed by atoms with van der Waals surface area (Å²) in [6.07, 6.45) is 1.48. The average Bonchev–Trinajstić information content (AvgIpc) is 2.89. The van der Waals surface area contributed by atoms with Gasteiger partial charge in [0.15, 0.2) is 11.3 Å². The van der Waals surface area contributed by atoms with Crippen molar-refractivity contribution in [1.29, 1.82) is 15.8 Å². The summed E-state index contributed by atoms with van der Waals surface area (Å²) in [4.78, 5) is 0. The van der Waals surface area contributed by atoms with Gasteiger partial charge < -0.3 is 9.84 Å². The van der Waals surface area contributed by atoms with Gasteiger partial charge in [0.25, 0.3) is 0 Å². The fraction of sp³-hybridized carbons (Fsp3) is 0.300. The van der Waals surface area contributed by atoms with Crippen molar-refractivity contribution in [2.75, 3.05) is 12.0 Å². The van der Waals surface area contributed by atoms with Crippen molar-refractivity contribution < 1.29 is 9.84 Å². The number of allylic oxidation sites excluding steroid dienone is 2. The SMILES string of the molecule is CCO.Cc1ccc(N/N=C/C2=C(C#N)C(=C(C#N)C#N)OC2(C)C)cc1. The number of hydrogen-bond donors (Lipinski definition) is 2. The van der Waals surface area contributed by atoms with Gasteiger partial charge >= 0.3 is 0 Å². The summed E-state index contributed by atoms with van der Waals surface area (Å²) < 4.78 is 5.65. The molecule has 27 heavy (non-hydrogen) atoms. The molecule has 7 heteroatoms. The van der Waals surface area contributed by atoms with Crippen LogP contribution < -0.4 is 5.43 Å². The van der Waals surface area contributed by atoms with Crippen LogP contribution in [0.15, 0.2) is 51.8 Å². The molecule has 138 valence electrons. The molecule has 1 aliphatic heterocycles. The number of benzene rings is 1. The van der Waals surface area contributed by atoms with E-state index < -0.39 is 5.60 Å². The van der Waals surface area contributed by atoms with Crippen molar-refractivity contribution in [3.63, 3.8) is 0 Å². The molecule has 1 heterocycles. The van der Waals surface area contributed by atoms with E-state index in [0.29, 0.717) is 5.57 Å². The maximum Gasteiger partial charge on any atom is 0.172 e. The number of aliphatic hydroxyl groups excluding tert-OH is 1. The first-order valence-corrected chi connectivity index (χ1v) is 8.19. The van der Waals surface area contributed by atoms with E-state index >= 15 is 0 Å². The highest BCUT2D eigenvalue weighted by Gasteiger charge is 2.39. The zero-order valence-electron chi connectivity index (χ0n) is 15.7. The fourth-order valence-electron chi connectivity index (χ4n) is 2.22. The molecule has 1 aromatic rings. The molecule has 0 spiro atoms. The van der Waals surface area contributed by atoms with Crippen molar-refractivity contribution in [2.24, 2.45) is 5.10 Å². The van der Waals surface area contributed by atoms with Crippen LogP contribution in [0, 0.1) is 40.9 Å². The molecule has 1 aliphatic rings. The Hall–Kier alpha value is -3.60. The number of hydrazone groups is 1. The van der Waals surface area contributed by atoms with Crippen LogP contribution in [0.5, 0.6) is 0 Å². The van der Waals surface area contributed by atoms with E-state index in [0.717, 1.165) is 11.3 Å². The Morgan fingerprint density at radius 2 is 1.78 bits per heavy atom. The first kappa shape index (κ1) is 21.4. The van der Waals surface area contributed by atoms with Crippen molar-refractivity contribution in [1.82, 2.24) is 0 Å². The topological polar surface area (TPSA) is 125 Å². The predicted octanol–water partition coefficient (Wildman–Crippen LogP) is 3.32. The Labute approximate surface area is 159 Å². The zero-order chi connectivity index (χ0) is 20.4. The number of nitrogens with one attached hydrogen (secondary N) is 1. The maximum atomic E-state index is 9.40. The Morgan fingerprint density at radius 3 is 2.26 bits per heavy atom. The fourth-order valence-corrected chi connectivity index (χ4v) is 2.22. The van der Waals surface area contributed by atoms with Gasteiger partial charge in [0.2, 0.25) is 0 Å². The second kappa shape index (κ2) is 9.77. The number of aryl methyl sites for hydroxylation is 1. The van der Waals surface area contributed by atoms with Gasteiger partial charge in [0.05, 0.1) is 11.9 Å². The zero-order valence-corrected chi connectivity index (χ0v) is 15.7. The number of aliphatic hydroxyl groups is 1. The lowest BCUT2D eigenvalue weighted by Crippen LogP contribution is -2.22. The van der Waals surface area contributed by atoms with Crippen molar-refractivity contribution in [3.05, 3.63) is 52.3 Å². The molecule has 0 aromatic heterocycles. The third kappa shape index (κ3) is 5.44. The highest BCUT2D eigenvalue weighted by atomic mass is 16.5. The third-order valence-corrected chi connectivity index (χ3v) is 3.50. The largest absolute Gasteiger partial charge is 0.479 e. The third-order valence-electron chi connectivity index (χ3n) is 3.50. The number of hydrogen-bond acceptors (Lipinski definition) is 7. The summed E-state index contributed by atoms with van der Waals surface area (Å²) in [7, 11) is 0. The van der Waals surface area contributed by atoms with Crippen LogP contribution in [0.25, 0.3) is 0 Å². The predicted molar refractivity (Wildman–Crippen MR) is 102 cm³/mol. The quantitative estimate of drug-likeness (QED) is 0.482. The number of nitriles is 3. The molecule has 0 atom stereocenters. The summed E-state index contributed by atoms with van der Waals surface area (Å²) in [5.41, 5.74) is 4.38. The van der Waals surface area contributed by atoms with Gasteiger partial charge in [0, 0.05) is 12.2 Å². The number of rotatable bonds is 3. The molecule has 0 bridgehead atoms. The summed E-state index contributed by atoms with van der Waals surface area (Å²) in [6.45, 7) is 7.42. The van der Waals surface area contributed by atoms with Gasteiger partial charge in [-0.1, -0.05) is 17.7 Å². The van der Waals surface area contributed by atoms with Crippen LogP contribution in [0.3, 0.4) is 0 Å². The van der Waals surface area contributed by atoms with Gasteiger partial charge in [-0.25, -0.2) is 0 Å². The summed E-state index contributed by atoms with van der Waals surface area (Å²) in [5.74, 6) is 0.00397. The highest BCUT2D eigenvalue weighted by Crippen LogP contribution is 2.38. The average molecular weight is 363 g/mol. The van der Waals surface area contributed by atoms with Crippen LogP contribution in [-0.4, -0.2) is 23.5 Å².